The Kier molecular flexibility index (Phi) is 2.85. The molecule has 2 rings (SSSR count). The number of rotatable bonds is 1. The third-order valence-corrected chi connectivity index (χ3v) is 2.66. The minimum absolute atomic E-state index is 0.157. The van der Waals surface area contributed by atoms with Gasteiger partial charge >= 0.3 is 0 Å². The molecule has 15 heavy (non-hydrogen) atoms. The Labute approximate surface area is 89.5 Å². The van der Waals surface area contributed by atoms with Crippen LogP contribution in [0.1, 0.15) is 6.92 Å². The summed E-state index contributed by atoms with van der Waals surface area (Å²) in [7, 11) is 0. The van der Waals surface area contributed by atoms with Gasteiger partial charge < -0.3 is 9.80 Å². The largest absolute Gasteiger partial charge is 0.366 e. The SMILES string of the molecule is CC(=O)N1CCN(c2[c]nccc2)CC1. The Balaban J connectivity index is 1.97. The van der Waals surface area contributed by atoms with Gasteiger partial charge in [-0.3, -0.25) is 9.78 Å². The fraction of sp³-hybridized carbons (Fsp3) is 0.455. The van der Waals surface area contributed by atoms with Crippen LogP contribution in [0.25, 0.3) is 0 Å². The molecule has 4 nitrogen and oxygen atoms in total. The molecule has 0 aliphatic carbocycles. The van der Waals surface area contributed by atoms with Gasteiger partial charge in [0.25, 0.3) is 0 Å². The summed E-state index contributed by atoms with van der Waals surface area (Å²) in [5.41, 5.74) is 1.01. The quantitative estimate of drug-likeness (QED) is 0.670. The second-order valence-corrected chi connectivity index (χ2v) is 3.63. The standard InChI is InChI=1S/C11H14N3O/c1-10(15)13-5-7-14(8-6-13)11-3-2-4-12-9-11/h2-4H,5-8H2,1H3. The third-order valence-electron chi connectivity index (χ3n) is 2.66. The van der Waals surface area contributed by atoms with Crippen LogP contribution in [-0.4, -0.2) is 42.0 Å². The van der Waals surface area contributed by atoms with Crippen LogP contribution in [0.4, 0.5) is 5.69 Å². The summed E-state index contributed by atoms with van der Waals surface area (Å²) >= 11 is 0. The van der Waals surface area contributed by atoms with Crippen molar-refractivity contribution < 1.29 is 4.79 Å². The van der Waals surface area contributed by atoms with E-state index < -0.39 is 0 Å². The van der Waals surface area contributed by atoms with Crippen molar-refractivity contribution in [2.75, 3.05) is 31.1 Å². The normalized spacial score (nSPS) is 16.6. The number of hydrogen-bond donors (Lipinski definition) is 0. The summed E-state index contributed by atoms with van der Waals surface area (Å²) < 4.78 is 0. The van der Waals surface area contributed by atoms with Crippen LogP contribution in [0.15, 0.2) is 18.3 Å². The lowest BCUT2D eigenvalue weighted by Gasteiger charge is -2.35. The average Bonchev–Trinajstić information content (AvgIpc) is 2.30. The maximum absolute atomic E-state index is 11.1. The maximum Gasteiger partial charge on any atom is 0.219 e. The molecule has 4 heteroatoms. The molecule has 2 heterocycles. The van der Waals surface area contributed by atoms with E-state index in [4.69, 9.17) is 0 Å². The molecule has 0 bridgehead atoms. The summed E-state index contributed by atoms with van der Waals surface area (Å²) in [5.74, 6) is 0.157. The maximum atomic E-state index is 11.1. The molecular formula is C11H14N3O. The van der Waals surface area contributed by atoms with Crippen LogP contribution in [0.2, 0.25) is 0 Å². The summed E-state index contributed by atoms with van der Waals surface area (Å²) in [6.45, 7) is 4.92. The van der Waals surface area contributed by atoms with Crippen molar-refractivity contribution in [2.24, 2.45) is 0 Å². The first kappa shape index (κ1) is 9.96. The van der Waals surface area contributed by atoms with E-state index in [0.717, 1.165) is 31.9 Å². The van der Waals surface area contributed by atoms with Crippen LogP contribution < -0.4 is 4.90 Å². The molecule has 0 aromatic carbocycles. The minimum Gasteiger partial charge on any atom is -0.366 e. The predicted molar refractivity (Wildman–Crippen MR) is 57.5 cm³/mol. The number of nitrogens with zero attached hydrogens (tertiary/aromatic N) is 3. The van der Waals surface area contributed by atoms with Crippen LogP contribution in [0, 0.1) is 6.20 Å². The van der Waals surface area contributed by atoms with Crippen LogP contribution in [-0.2, 0) is 4.79 Å². The van der Waals surface area contributed by atoms with Crippen LogP contribution in [0.3, 0.4) is 0 Å². The number of anilines is 1. The average molecular weight is 204 g/mol. The molecule has 1 aliphatic heterocycles. The minimum atomic E-state index is 0.157. The van der Waals surface area contributed by atoms with Gasteiger partial charge in [-0.2, -0.15) is 0 Å². The number of piperazine rings is 1. The van der Waals surface area contributed by atoms with Crippen molar-refractivity contribution in [3.63, 3.8) is 0 Å². The van der Waals surface area contributed by atoms with E-state index in [-0.39, 0.29) is 5.91 Å². The van der Waals surface area contributed by atoms with Crippen LogP contribution >= 0.6 is 0 Å². The van der Waals surface area contributed by atoms with Gasteiger partial charge in [0, 0.05) is 39.3 Å². The second-order valence-electron chi connectivity index (χ2n) is 3.63. The number of carbonyl (C=O) groups excluding carboxylic acids is 1. The molecular weight excluding hydrogens is 190 g/mol. The lowest BCUT2D eigenvalue weighted by Crippen LogP contribution is -2.48. The highest BCUT2D eigenvalue weighted by molar-refractivity contribution is 5.73. The van der Waals surface area contributed by atoms with Gasteiger partial charge in [-0.05, 0) is 12.1 Å². The fourth-order valence-corrected chi connectivity index (χ4v) is 1.76. The zero-order valence-corrected chi connectivity index (χ0v) is 8.81. The van der Waals surface area contributed by atoms with Crippen molar-refractivity contribution >= 4 is 11.6 Å². The van der Waals surface area contributed by atoms with Gasteiger partial charge in [0.05, 0.1) is 5.69 Å². The molecule has 1 amide bonds. The first-order valence-electron chi connectivity index (χ1n) is 5.10. The summed E-state index contributed by atoms with van der Waals surface area (Å²) in [6.07, 6.45) is 4.67. The van der Waals surface area contributed by atoms with Crippen molar-refractivity contribution in [1.29, 1.82) is 0 Å². The number of carbonyl (C=O) groups is 1. The van der Waals surface area contributed by atoms with Crippen molar-refractivity contribution in [3.8, 4) is 0 Å². The number of aromatic nitrogens is 1. The molecule has 0 atom stereocenters. The first-order valence-corrected chi connectivity index (χ1v) is 5.10. The van der Waals surface area contributed by atoms with Gasteiger partial charge in [-0.25, -0.2) is 0 Å². The smallest absolute Gasteiger partial charge is 0.219 e. The molecule has 0 unspecified atom stereocenters. The molecule has 0 N–H and O–H groups in total. The van der Waals surface area contributed by atoms with Crippen molar-refractivity contribution in [3.05, 3.63) is 24.5 Å². The Morgan fingerprint density at radius 3 is 2.67 bits per heavy atom. The predicted octanol–water partition coefficient (Wildman–Crippen LogP) is 0.550. The van der Waals surface area contributed by atoms with E-state index in [9.17, 15) is 4.79 Å². The molecule has 1 aromatic heterocycles. The molecule has 1 saturated heterocycles. The zero-order chi connectivity index (χ0) is 10.7. The third kappa shape index (κ3) is 2.26. The Bertz CT molecular complexity index is 331. The summed E-state index contributed by atoms with van der Waals surface area (Å²) in [5, 5.41) is 0. The topological polar surface area (TPSA) is 36.4 Å². The van der Waals surface area contributed by atoms with E-state index in [0.29, 0.717) is 0 Å². The van der Waals surface area contributed by atoms with E-state index in [1.165, 1.54) is 0 Å². The second kappa shape index (κ2) is 4.29. The Hall–Kier alpha value is -1.58. The molecule has 1 aliphatic rings. The fourth-order valence-electron chi connectivity index (χ4n) is 1.76. The summed E-state index contributed by atoms with van der Waals surface area (Å²) in [4.78, 5) is 19.2. The van der Waals surface area contributed by atoms with Crippen molar-refractivity contribution in [1.82, 2.24) is 9.88 Å². The molecule has 79 valence electrons. The molecule has 1 radical (unpaired) electrons. The van der Waals surface area contributed by atoms with Crippen LogP contribution in [0.5, 0.6) is 0 Å². The number of pyridine rings is 1. The van der Waals surface area contributed by atoms with E-state index in [1.54, 1.807) is 13.1 Å². The Morgan fingerprint density at radius 2 is 2.13 bits per heavy atom. The highest BCUT2D eigenvalue weighted by Crippen LogP contribution is 2.13. The van der Waals surface area contributed by atoms with Crippen molar-refractivity contribution in [2.45, 2.75) is 6.92 Å². The van der Waals surface area contributed by atoms with E-state index >= 15 is 0 Å². The van der Waals surface area contributed by atoms with Gasteiger partial charge in [0.15, 0.2) is 0 Å². The lowest BCUT2D eigenvalue weighted by atomic mass is 10.3. The highest BCUT2D eigenvalue weighted by Gasteiger charge is 2.18. The Morgan fingerprint density at radius 1 is 1.40 bits per heavy atom. The zero-order valence-electron chi connectivity index (χ0n) is 8.81. The molecule has 0 spiro atoms. The van der Waals surface area contributed by atoms with Gasteiger partial charge in [-0.15, -0.1) is 0 Å². The van der Waals surface area contributed by atoms with E-state index in [2.05, 4.69) is 16.1 Å². The molecule has 1 fully saturated rings. The first-order chi connectivity index (χ1) is 7.27. The van der Waals surface area contributed by atoms with Gasteiger partial charge in [0.1, 0.15) is 6.20 Å². The van der Waals surface area contributed by atoms with Gasteiger partial charge in [0.2, 0.25) is 5.91 Å². The monoisotopic (exact) mass is 204 g/mol. The number of hydrogen-bond acceptors (Lipinski definition) is 3. The van der Waals surface area contributed by atoms with Gasteiger partial charge in [-0.1, -0.05) is 0 Å². The van der Waals surface area contributed by atoms with E-state index in [1.807, 2.05) is 17.0 Å². The molecule has 0 saturated carbocycles. The number of amides is 1. The summed E-state index contributed by atoms with van der Waals surface area (Å²) in [6, 6.07) is 3.90. The molecule has 1 aromatic rings. The highest BCUT2D eigenvalue weighted by atomic mass is 16.2. The lowest BCUT2D eigenvalue weighted by molar-refractivity contribution is -0.129.